The number of nitriles is 2. The van der Waals surface area contributed by atoms with Gasteiger partial charge in [-0.3, -0.25) is 4.79 Å². The number of ether oxygens (including phenoxy) is 2. The van der Waals surface area contributed by atoms with Gasteiger partial charge in [0.2, 0.25) is 0 Å². The molecule has 7 nitrogen and oxygen atoms in total. The smallest absolute Gasteiger partial charge is 0.268 e. The molecule has 0 saturated carbocycles. The summed E-state index contributed by atoms with van der Waals surface area (Å²) in [4.78, 5) is 14.6. The quantitative estimate of drug-likeness (QED) is 0.609. The van der Waals surface area contributed by atoms with Crippen molar-refractivity contribution in [2.75, 3.05) is 12.8 Å². The minimum absolute atomic E-state index is 0.00507. The zero-order chi connectivity index (χ0) is 21.0. The Balaban J connectivity index is 2.13. The monoisotopic (exact) mass is 450 g/mol. The molecule has 0 amide bonds. The molecular formula is C21H15BrN4O3. The van der Waals surface area contributed by atoms with E-state index in [1.54, 1.807) is 25.3 Å². The number of aromatic amines is 1. The second-order valence-electron chi connectivity index (χ2n) is 6.00. The number of methoxy groups -OCH3 is 1. The van der Waals surface area contributed by atoms with Gasteiger partial charge in [-0.05, 0) is 35.9 Å². The predicted octanol–water partition coefficient (Wildman–Crippen LogP) is 3.72. The number of rotatable bonds is 5. The summed E-state index contributed by atoms with van der Waals surface area (Å²) in [6, 6.07) is 16.4. The molecule has 1 aromatic heterocycles. The average Bonchev–Trinajstić information content (AvgIpc) is 2.72. The molecule has 3 rings (SSSR count). The van der Waals surface area contributed by atoms with Gasteiger partial charge < -0.3 is 20.2 Å². The molecule has 0 aliphatic carbocycles. The summed E-state index contributed by atoms with van der Waals surface area (Å²) in [6.45, 7) is 0.217. The fourth-order valence-electron chi connectivity index (χ4n) is 2.86. The van der Waals surface area contributed by atoms with E-state index in [0.717, 1.165) is 5.56 Å². The third kappa shape index (κ3) is 4.08. The number of nitrogen functional groups attached to an aromatic ring is 1. The van der Waals surface area contributed by atoms with E-state index in [2.05, 4.69) is 20.9 Å². The molecular weight excluding hydrogens is 436 g/mol. The minimum Gasteiger partial charge on any atom is -0.497 e. The number of nitrogens with zero attached hydrogens (tertiary/aromatic N) is 2. The standard InChI is InChI=1S/C21H15BrN4O3/c1-28-14-4-2-3-12(7-14)11-29-18-6-5-13(22)8-15(18)19-16(9-23)20(25)26-21(27)17(19)10-24/h2-8H,11H2,1H3,(H3,25,26,27). The van der Waals surface area contributed by atoms with Crippen molar-refractivity contribution >= 4 is 21.7 Å². The highest BCUT2D eigenvalue weighted by Crippen LogP contribution is 2.37. The predicted molar refractivity (Wildman–Crippen MR) is 111 cm³/mol. The average molecular weight is 451 g/mol. The molecule has 2 aromatic carbocycles. The van der Waals surface area contributed by atoms with Crippen LogP contribution in [-0.4, -0.2) is 12.1 Å². The molecule has 8 heteroatoms. The van der Waals surface area contributed by atoms with E-state index in [4.69, 9.17) is 15.2 Å². The number of H-pyrrole nitrogens is 1. The molecule has 0 aliphatic heterocycles. The van der Waals surface area contributed by atoms with Crippen LogP contribution in [0.25, 0.3) is 11.1 Å². The zero-order valence-electron chi connectivity index (χ0n) is 15.3. The summed E-state index contributed by atoms with van der Waals surface area (Å²) in [6.07, 6.45) is 0. The second kappa shape index (κ2) is 8.51. The Bertz CT molecular complexity index is 1220. The molecule has 0 unspecified atom stereocenters. The number of aromatic nitrogens is 1. The number of hydrogen-bond donors (Lipinski definition) is 2. The summed E-state index contributed by atoms with van der Waals surface area (Å²) >= 11 is 3.38. The van der Waals surface area contributed by atoms with Crippen LogP contribution in [0.15, 0.2) is 51.7 Å². The van der Waals surface area contributed by atoms with Crippen molar-refractivity contribution in [2.45, 2.75) is 6.61 Å². The van der Waals surface area contributed by atoms with Crippen LogP contribution in [0.3, 0.4) is 0 Å². The maximum atomic E-state index is 12.2. The van der Waals surface area contributed by atoms with E-state index in [1.165, 1.54) is 0 Å². The topological polar surface area (TPSA) is 125 Å². The highest BCUT2D eigenvalue weighted by atomic mass is 79.9. The van der Waals surface area contributed by atoms with E-state index in [0.29, 0.717) is 21.5 Å². The van der Waals surface area contributed by atoms with Crippen molar-refractivity contribution in [3.8, 4) is 34.8 Å². The van der Waals surface area contributed by atoms with Crippen molar-refractivity contribution < 1.29 is 9.47 Å². The highest BCUT2D eigenvalue weighted by molar-refractivity contribution is 9.10. The van der Waals surface area contributed by atoms with Crippen LogP contribution in [0.5, 0.6) is 11.5 Å². The van der Waals surface area contributed by atoms with E-state index >= 15 is 0 Å². The normalized spacial score (nSPS) is 10.1. The van der Waals surface area contributed by atoms with Crippen LogP contribution in [-0.2, 0) is 6.61 Å². The fraction of sp³-hybridized carbons (Fsp3) is 0.0952. The zero-order valence-corrected chi connectivity index (χ0v) is 16.9. The molecule has 0 aliphatic rings. The van der Waals surface area contributed by atoms with Crippen molar-refractivity contribution in [1.82, 2.24) is 4.98 Å². The lowest BCUT2D eigenvalue weighted by molar-refractivity contribution is 0.306. The van der Waals surface area contributed by atoms with Gasteiger partial charge in [-0.15, -0.1) is 0 Å². The SMILES string of the molecule is COc1cccc(COc2ccc(Br)cc2-c2c(C#N)c(N)[nH]c(=O)c2C#N)c1. The minimum atomic E-state index is -0.669. The molecule has 0 spiro atoms. The largest absolute Gasteiger partial charge is 0.497 e. The number of anilines is 1. The third-order valence-electron chi connectivity index (χ3n) is 4.21. The number of benzene rings is 2. The lowest BCUT2D eigenvalue weighted by Gasteiger charge is -2.15. The Morgan fingerprint density at radius 3 is 2.59 bits per heavy atom. The molecule has 29 heavy (non-hydrogen) atoms. The lowest BCUT2D eigenvalue weighted by Crippen LogP contribution is -2.16. The molecule has 0 saturated heterocycles. The molecule has 0 fully saturated rings. The van der Waals surface area contributed by atoms with Crippen LogP contribution in [0.1, 0.15) is 16.7 Å². The fourth-order valence-corrected chi connectivity index (χ4v) is 3.22. The number of nitrogens with one attached hydrogen (secondary N) is 1. The van der Waals surface area contributed by atoms with Crippen molar-refractivity contribution in [2.24, 2.45) is 0 Å². The summed E-state index contributed by atoms with van der Waals surface area (Å²) in [5, 5.41) is 19.1. The van der Waals surface area contributed by atoms with Gasteiger partial charge >= 0.3 is 0 Å². The lowest BCUT2D eigenvalue weighted by atomic mass is 9.96. The third-order valence-corrected chi connectivity index (χ3v) is 4.70. The maximum absolute atomic E-state index is 12.2. The maximum Gasteiger partial charge on any atom is 0.268 e. The molecule has 3 N–H and O–H groups in total. The summed E-state index contributed by atoms with van der Waals surface area (Å²) in [5.74, 6) is 0.988. The van der Waals surface area contributed by atoms with E-state index in [9.17, 15) is 15.3 Å². The first-order chi connectivity index (χ1) is 14.0. The van der Waals surface area contributed by atoms with Gasteiger partial charge in [0, 0.05) is 15.6 Å². The Kier molecular flexibility index (Phi) is 5.87. The van der Waals surface area contributed by atoms with E-state index in [1.807, 2.05) is 36.4 Å². The van der Waals surface area contributed by atoms with Gasteiger partial charge in [0.05, 0.1) is 7.11 Å². The summed E-state index contributed by atoms with van der Waals surface area (Å²) < 4.78 is 11.9. The van der Waals surface area contributed by atoms with Crippen LogP contribution in [0.4, 0.5) is 5.82 Å². The first-order valence-corrected chi connectivity index (χ1v) is 9.19. The summed E-state index contributed by atoms with van der Waals surface area (Å²) in [5.41, 5.74) is 6.37. The van der Waals surface area contributed by atoms with Crippen molar-refractivity contribution in [3.05, 3.63) is 74.0 Å². The number of hydrogen-bond acceptors (Lipinski definition) is 6. The van der Waals surface area contributed by atoms with Crippen molar-refractivity contribution in [1.29, 1.82) is 10.5 Å². The number of nitrogens with two attached hydrogens (primary N) is 1. The van der Waals surface area contributed by atoms with Gasteiger partial charge in [0.1, 0.15) is 47.2 Å². The Morgan fingerprint density at radius 1 is 1.14 bits per heavy atom. The molecule has 0 radical (unpaired) electrons. The molecule has 0 bridgehead atoms. The van der Waals surface area contributed by atoms with Gasteiger partial charge in [-0.25, -0.2) is 0 Å². The Morgan fingerprint density at radius 2 is 1.90 bits per heavy atom. The number of pyridine rings is 1. The highest BCUT2D eigenvalue weighted by Gasteiger charge is 2.21. The first-order valence-electron chi connectivity index (χ1n) is 8.40. The van der Waals surface area contributed by atoms with Gasteiger partial charge in [-0.1, -0.05) is 28.1 Å². The van der Waals surface area contributed by atoms with Crippen LogP contribution < -0.4 is 20.8 Å². The van der Waals surface area contributed by atoms with Gasteiger partial charge in [0.25, 0.3) is 5.56 Å². The molecule has 0 atom stereocenters. The molecule has 3 aromatic rings. The Labute approximate surface area is 175 Å². The summed E-state index contributed by atoms with van der Waals surface area (Å²) in [7, 11) is 1.58. The van der Waals surface area contributed by atoms with Crippen LogP contribution in [0, 0.1) is 22.7 Å². The van der Waals surface area contributed by atoms with Gasteiger partial charge in [-0.2, -0.15) is 10.5 Å². The van der Waals surface area contributed by atoms with Crippen molar-refractivity contribution in [3.63, 3.8) is 0 Å². The first kappa shape index (κ1) is 20.0. The molecule has 1 heterocycles. The Hall–Kier alpha value is -3.75. The number of halogens is 1. The van der Waals surface area contributed by atoms with E-state index < -0.39 is 5.56 Å². The van der Waals surface area contributed by atoms with Gasteiger partial charge in [0.15, 0.2) is 0 Å². The second-order valence-corrected chi connectivity index (χ2v) is 6.91. The van der Waals surface area contributed by atoms with Crippen LogP contribution in [0.2, 0.25) is 0 Å². The molecule has 144 valence electrons. The van der Waals surface area contributed by atoms with Crippen LogP contribution >= 0.6 is 15.9 Å². The van der Waals surface area contributed by atoms with E-state index in [-0.39, 0.29) is 29.1 Å².